The molecule has 1 aliphatic rings. The Morgan fingerprint density at radius 2 is 2.10 bits per heavy atom. The van der Waals surface area contributed by atoms with Crippen molar-refractivity contribution in [3.63, 3.8) is 0 Å². The van der Waals surface area contributed by atoms with E-state index in [9.17, 15) is 14.4 Å². The summed E-state index contributed by atoms with van der Waals surface area (Å²) in [6, 6.07) is 6.29. The molecule has 0 bridgehead atoms. The molecule has 0 unspecified atom stereocenters. The molecule has 112 valence electrons. The van der Waals surface area contributed by atoms with Gasteiger partial charge in [-0.1, -0.05) is 12.1 Å². The van der Waals surface area contributed by atoms with Gasteiger partial charge in [-0.3, -0.25) is 9.59 Å². The van der Waals surface area contributed by atoms with Crippen LogP contribution in [0.15, 0.2) is 24.3 Å². The van der Waals surface area contributed by atoms with Gasteiger partial charge in [0.1, 0.15) is 5.54 Å². The van der Waals surface area contributed by atoms with Crippen LogP contribution in [0.1, 0.15) is 29.8 Å². The van der Waals surface area contributed by atoms with Crippen LogP contribution in [0.4, 0.5) is 0 Å². The highest BCUT2D eigenvalue weighted by Crippen LogP contribution is 2.19. The summed E-state index contributed by atoms with van der Waals surface area (Å²) in [7, 11) is 0. The Bertz CT molecular complexity index is 595. The maximum absolute atomic E-state index is 12.4. The molecule has 0 aromatic heterocycles. The molecular formula is C15H18N2O4. The van der Waals surface area contributed by atoms with Gasteiger partial charge < -0.3 is 15.3 Å². The zero-order valence-corrected chi connectivity index (χ0v) is 12.0. The summed E-state index contributed by atoms with van der Waals surface area (Å²) in [5.74, 6) is -1.39. The largest absolute Gasteiger partial charge is 0.478 e. The van der Waals surface area contributed by atoms with Crippen LogP contribution >= 0.6 is 0 Å². The molecule has 6 nitrogen and oxygen atoms in total. The highest BCUT2D eigenvalue weighted by atomic mass is 16.4. The summed E-state index contributed by atoms with van der Waals surface area (Å²) >= 11 is 0. The first-order valence-corrected chi connectivity index (χ1v) is 6.73. The predicted octanol–water partition coefficient (Wildman–Crippen LogP) is 0.664. The molecule has 0 atom stereocenters. The van der Waals surface area contributed by atoms with E-state index in [0.29, 0.717) is 18.7 Å². The molecule has 2 rings (SSSR count). The second-order valence-corrected chi connectivity index (χ2v) is 5.54. The van der Waals surface area contributed by atoms with Crippen LogP contribution in [-0.4, -0.2) is 46.4 Å². The van der Waals surface area contributed by atoms with Crippen molar-refractivity contribution in [1.29, 1.82) is 0 Å². The summed E-state index contributed by atoms with van der Waals surface area (Å²) in [5.41, 5.74) is -0.114. The molecule has 6 heteroatoms. The van der Waals surface area contributed by atoms with Gasteiger partial charge in [-0.25, -0.2) is 4.79 Å². The Kier molecular flexibility index (Phi) is 3.97. The molecule has 1 saturated heterocycles. The first-order chi connectivity index (χ1) is 9.82. The number of benzene rings is 1. The summed E-state index contributed by atoms with van der Waals surface area (Å²) in [4.78, 5) is 36.7. The van der Waals surface area contributed by atoms with E-state index >= 15 is 0 Å². The van der Waals surface area contributed by atoms with E-state index in [2.05, 4.69) is 5.32 Å². The molecule has 1 heterocycles. The van der Waals surface area contributed by atoms with Gasteiger partial charge in [-0.2, -0.15) is 0 Å². The molecule has 0 aliphatic carbocycles. The summed E-state index contributed by atoms with van der Waals surface area (Å²) < 4.78 is 0. The fraction of sp³-hybridized carbons (Fsp3) is 0.400. The zero-order chi connectivity index (χ0) is 15.6. The Hall–Kier alpha value is -2.37. The minimum Gasteiger partial charge on any atom is -0.478 e. The standard InChI is InChI=1S/C15H18N2O4/c1-15(2)14(21)16-6-7-17(15)12(18)9-10-4-3-5-11(8-10)13(19)20/h3-5,8H,6-7,9H2,1-2H3,(H,16,21)(H,19,20). The van der Waals surface area contributed by atoms with Gasteiger partial charge in [-0.05, 0) is 31.5 Å². The van der Waals surface area contributed by atoms with Gasteiger partial charge in [0.25, 0.3) is 0 Å². The van der Waals surface area contributed by atoms with Crippen molar-refractivity contribution in [3.05, 3.63) is 35.4 Å². The molecule has 1 aliphatic heterocycles. The lowest BCUT2D eigenvalue weighted by molar-refractivity contribution is -0.148. The van der Waals surface area contributed by atoms with E-state index in [0.717, 1.165) is 0 Å². The molecule has 2 amide bonds. The van der Waals surface area contributed by atoms with Crippen LogP contribution in [0.25, 0.3) is 0 Å². The van der Waals surface area contributed by atoms with Crippen LogP contribution in [0.3, 0.4) is 0 Å². The van der Waals surface area contributed by atoms with E-state index in [1.54, 1.807) is 30.9 Å². The van der Waals surface area contributed by atoms with Crippen LogP contribution in [0, 0.1) is 0 Å². The fourth-order valence-electron chi connectivity index (χ4n) is 2.42. The number of piperazine rings is 1. The third kappa shape index (κ3) is 3.04. The number of carboxylic acid groups (broad SMARTS) is 1. The first-order valence-electron chi connectivity index (χ1n) is 6.73. The number of rotatable bonds is 3. The SMILES string of the molecule is CC1(C)C(=O)NCCN1C(=O)Cc1cccc(C(=O)O)c1. The maximum Gasteiger partial charge on any atom is 0.335 e. The smallest absolute Gasteiger partial charge is 0.335 e. The number of amides is 2. The molecule has 2 N–H and O–H groups in total. The second kappa shape index (κ2) is 5.55. The highest BCUT2D eigenvalue weighted by Gasteiger charge is 2.40. The quantitative estimate of drug-likeness (QED) is 0.856. The van der Waals surface area contributed by atoms with Crippen LogP contribution in [0.5, 0.6) is 0 Å². The van der Waals surface area contributed by atoms with Crippen molar-refractivity contribution in [2.75, 3.05) is 13.1 Å². The molecule has 0 radical (unpaired) electrons. The fourth-order valence-corrected chi connectivity index (χ4v) is 2.42. The molecule has 1 aromatic carbocycles. The minimum absolute atomic E-state index is 0.0812. The third-order valence-electron chi connectivity index (χ3n) is 3.68. The van der Waals surface area contributed by atoms with Crippen molar-refractivity contribution >= 4 is 17.8 Å². The number of nitrogens with zero attached hydrogens (tertiary/aromatic N) is 1. The molecule has 21 heavy (non-hydrogen) atoms. The van der Waals surface area contributed by atoms with Gasteiger partial charge in [0.2, 0.25) is 11.8 Å². The number of aromatic carboxylic acids is 1. The highest BCUT2D eigenvalue weighted by molar-refractivity contribution is 5.93. The lowest BCUT2D eigenvalue weighted by Crippen LogP contribution is -2.63. The van der Waals surface area contributed by atoms with Crippen LogP contribution < -0.4 is 5.32 Å². The molecular weight excluding hydrogens is 272 g/mol. The number of hydrogen-bond acceptors (Lipinski definition) is 3. The number of carboxylic acids is 1. The average Bonchev–Trinajstić information content (AvgIpc) is 2.42. The van der Waals surface area contributed by atoms with E-state index in [-0.39, 0.29) is 23.8 Å². The number of carbonyl (C=O) groups excluding carboxylic acids is 2. The molecule has 1 aromatic rings. The van der Waals surface area contributed by atoms with E-state index in [1.807, 2.05) is 0 Å². The van der Waals surface area contributed by atoms with E-state index in [4.69, 9.17) is 5.11 Å². The van der Waals surface area contributed by atoms with Crippen molar-refractivity contribution in [3.8, 4) is 0 Å². The van der Waals surface area contributed by atoms with Crippen molar-refractivity contribution in [2.24, 2.45) is 0 Å². The molecule has 0 saturated carbocycles. The number of carbonyl (C=O) groups is 3. The minimum atomic E-state index is -1.03. The lowest BCUT2D eigenvalue weighted by atomic mass is 9.97. The topological polar surface area (TPSA) is 86.7 Å². The Morgan fingerprint density at radius 3 is 2.76 bits per heavy atom. The molecule has 0 spiro atoms. The number of hydrogen-bond donors (Lipinski definition) is 2. The normalized spacial score (nSPS) is 17.2. The zero-order valence-electron chi connectivity index (χ0n) is 12.0. The van der Waals surface area contributed by atoms with Gasteiger partial charge in [0.15, 0.2) is 0 Å². The Balaban J connectivity index is 2.16. The Labute approximate surface area is 122 Å². The predicted molar refractivity (Wildman–Crippen MR) is 75.9 cm³/mol. The number of nitrogens with one attached hydrogen (secondary N) is 1. The van der Waals surface area contributed by atoms with Crippen LogP contribution in [0.2, 0.25) is 0 Å². The van der Waals surface area contributed by atoms with Crippen molar-refractivity contribution in [1.82, 2.24) is 10.2 Å². The van der Waals surface area contributed by atoms with Crippen molar-refractivity contribution < 1.29 is 19.5 Å². The summed E-state index contributed by atoms with van der Waals surface area (Å²) in [6.07, 6.45) is 0.0812. The second-order valence-electron chi connectivity index (χ2n) is 5.54. The van der Waals surface area contributed by atoms with Gasteiger partial charge >= 0.3 is 5.97 Å². The average molecular weight is 290 g/mol. The monoisotopic (exact) mass is 290 g/mol. The van der Waals surface area contributed by atoms with E-state index in [1.165, 1.54) is 12.1 Å². The first kappa shape index (κ1) is 15.0. The Morgan fingerprint density at radius 1 is 1.38 bits per heavy atom. The summed E-state index contributed by atoms with van der Waals surface area (Å²) in [5, 5.41) is 11.7. The molecule has 1 fully saturated rings. The van der Waals surface area contributed by atoms with Gasteiger partial charge in [-0.15, -0.1) is 0 Å². The lowest BCUT2D eigenvalue weighted by Gasteiger charge is -2.41. The van der Waals surface area contributed by atoms with Gasteiger partial charge in [0, 0.05) is 13.1 Å². The van der Waals surface area contributed by atoms with Gasteiger partial charge in [0.05, 0.1) is 12.0 Å². The van der Waals surface area contributed by atoms with Crippen LogP contribution in [-0.2, 0) is 16.0 Å². The van der Waals surface area contributed by atoms with E-state index < -0.39 is 11.5 Å². The summed E-state index contributed by atoms with van der Waals surface area (Å²) in [6.45, 7) is 4.29. The maximum atomic E-state index is 12.4. The third-order valence-corrected chi connectivity index (χ3v) is 3.68. The van der Waals surface area contributed by atoms with Crippen molar-refractivity contribution in [2.45, 2.75) is 25.8 Å².